The lowest BCUT2D eigenvalue weighted by atomic mass is 10.2. The number of rotatable bonds is 0. The first kappa shape index (κ1) is 9.81. The summed E-state index contributed by atoms with van der Waals surface area (Å²) in [4.78, 5) is 16.1. The van der Waals surface area contributed by atoms with Crippen molar-refractivity contribution in [3.05, 3.63) is 0 Å². The fraction of sp³-hybridized carbons (Fsp3) is 0.909. The normalized spacial score (nSPS) is 23.7. The third kappa shape index (κ3) is 2.20. The summed E-state index contributed by atoms with van der Waals surface area (Å²) in [5.74, 6) is 0. The van der Waals surface area contributed by atoms with Crippen molar-refractivity contribution in [2.45, 2.75) is 38.5 Å². The predicted molar refractivity (Wildman–Crippen MR) is 56.2 cm³/mol. The van der Waals surface area contributed by atoms with E-state index in [1.807, 2.05) is 4.90 Å². The second kappa shape index (κ2) is 4.67. The number of carbonyl (C=O) groups excluding carboxylic acids is 1. The van der Waals surface area contributed by atoms with E-state index in [0.717, 1.165) is 26.2 Å². The molecule has 0 spiro atoms. The largest absolute Gasteiger partial charge is 0.325 e. The van der Waals surface area contributed by atoms with Crippen LogP contribution < -0.4 is 0 Å². The molecular formula is C11H20N2O. The zero-order chi connectivity index (χ0) is 9.80. The summed E-state index contributed by atoms with van der Waals surface area (Å²) in [7, 11) is 0. The van der Waals surface area contributed by atoms with Crippen molar-refractivity contribution in [1.82, 2.24) is 9.80 Å². The number of carbonyl (C=O) groups is 1. The Morgan fingerprint density at radius 3 is 1.43 bits per heavy atom. The van der Waals surface area contributed by atoms with Gasteiger partial charge in [0.05, 0.1) is 0 Å². The molecular weight excluding hydrogens is 176 g/mol. The highest BCUT2D eigenvalue weighted by atomic mass is 16.2. The summed E-state index contributed by atoms with van der Waals surface area (Å²) in [5, 5.41) is 0. The molecule has 0 aromatic rings. The summed E-state index contributed by atoms with van der Waals surface area (Å²) in [5.41, 5.74) is 0. The van der Waals surface area contributed by atoms with Gasteiger partial charge in [-0.2, -0.15) is 0 Å². The Morgan fingerprint density at radius 1 is 0.643 bits per heavy atom. The second-order valence-corrected chi connectivity index (χ2v) is 4.38. The third-order valence-electron chi connectivity index (χ3n) is 3.25. The summed E-state index contributed by atoms with van der Waals surface area (Å²) < 4.78 is 0. The molecule has 14 heavy (non-hydrogen) atoms. The molecule has 2 aliphatic rings. The van der Waals surface area contributed by atoms with Crippen molar-refractivity contribution in [2.24, 2.45) is 0 Å². The fourth-order valence-corrected chi connectivity index (χ4v) is 2.37. The van der Waals surface area contributed by atoms with Crippen molar-refractivity contribution >= 4 is 6.03 Å². The molecule has 3 nitrogen and oxygen atoms in total. The Kier molecular flexibility index (Phi) is 3.27. The summed E-state index contributed by atoms with van der Waals surface area (Å²) >= 11 is 0. The van der Waals surface area contributed by atoms with E-state index in [2.05, 4.69) is 4.90 Å². The van der Waals surface area contributed by atoms with Crippen LogP contribution in [0.2, 0.25) is 0 Å². The predicted octanol–water partition coefficient (Wildman–Crippen LogP) is 2.08. The van der Waals surface area contributed by atoms with Crippen LogP contribution >= 0.6 is 0 Å². The van der Waals surface area contributed by atoms with Gasteiger partial charge in [-0.1, -0.05) is 12.8 Å². The van der Waals surface area contributed by atoms with Gasteiger partial charge in [-0.25, -0.2) is 4.79 Å². The molecule has 0 N–H and O–H groups in total. The van der Waals surface area contributed by atoms with Crippen LogP contribution in [0.15, 0.2) is 0 Å². The van der Waals surface area contributed by atoms with E-state index in [9.17, 15) is 4.79 Å². The van der Waals surface area contributed by atoms with Gasteiger partial charge in [0.2, 0.25) is 0 Å². The van der Waals surface area contributed by atoms with Crippen LogP contribution in [0.1, 0.15) is 38.5 Å². The summed E-state index contributed by atoms with van der Waals surface area (Å²) in [6.45, 7) is 3.93. The van der Waals surface area contributed by atoms with E-state index < -0.39 is 0 Å². The molecule has 0 bridgehead atoms. The third-order valence-corrected chi connectivity index (χ3v) is 3.25. The smallest absolute Gasteiger partial charge is 0.319 e. The topological polar surface area (TPSA) is 23.6 Å². The van der Waals surface area contributed by atoms with E-state index in [0.29, 0.717) is 6.03 Å². The molecule has 3 heteroatoms. The highest BCUT2D eigenvalue weighted by Gasteiger charge is 2.23. The number of hydrogen-bond donors (Lipinski definition) is 0. The van der Waals surface area contributed by atoms with Crippen molar-refractivity contribution in [3.63, 3.8) is 0 Å². The molecule has 2 aliphatic heterocycles. The molecule has 0 atom stereocenters. The Hall–Kier alpha value is -0.730. The number of likely N-dealkylation sites (tertiary alicyclic amines) is 2. The zero-order valence-electron chi connectivity index (χ0n) is 8.87. The molecule has 0 radical (unpaired) electrons. The molecule has 0 saturated carbocycles. The maximum Gasteiger partial charge on any atom is 0.319 e. The SMILES string of the molecule is O=C(N1CCCCCC1)N1CCCC1. The lowest BCUT2D eigenvalue weighted by molar-refractivity contribution is 0.164. The maximum absolute atomic E-state index is 12.0. The quantitative estimate of drug-likeness (QED) is 0.582. The summed E-state index contributed by atoms with van der Waals surface area (Å²) in [6, 6.07) is 0.296. The van der Waals surface area contributed by atoms with Gasteiger partial charge >= 0.3 is 6.03 Å². The van der Waals surface area contributed by atoms with E-state index in [1.54, 1.807) is 0 Å². The highest BCUT2D eigenvalue weighted by Crippen LogP contribution is 2.15. The standard InChI is InChI=1S/C11H20N2O/c14-11(13-9-5-6-10-13)12-7-3-1-2-4-8-12/h1-10H2. The van der Waals surface area contributed by atoms with Crippen molar-refractivity contribution < 1.29 is 4.79 Å². The van der Waals surface area contributed by atoms with E-state index in [1.165, 1.54) is 38.5 Å². The van der Waals surface area contributed by atoms with Crippen LogP contribution in [-0.2, 0) is 0 Å². The number of hydrogen-bond acceptors (Lipinski definition) is 1. The minimum Gasteiger partial charge on any atom is -0.325 e. The Bertz CT molecular complexity index is 191. The maximum atomic E-state index is 12.0. The van der Waals surface area contributed by atoms with E-state index >= 15 is 0 Å². The first-order chi connectivity index (χ1) is 6.88. The van der Waals surface area contributed by atoms with Gasteiger partial charge in [-0.05, 0) is 25.7 Å². The Balaban J connectivity index is 1.88. The average Bonchev–Trinajstić information content (AvgIpc) is 2.59. The van der Waals surface area contributed by atoms with Gasteiger partial charge in [0.15, 0.2) is 0 Å². The average molecular weight is 196 g/mol. The van der Waals surface area contributed by atoms with Crippen molar-refractivity contribution in [3.8, 4) is 0 Å². The second-order valence-electron chi connectivity index (χ2n) is 4.38. The van der Waals surface area contributed by atoms with Gasteiger partial charge < -0.3 is 9.80 Å². The molecule has 2 amide bonds. The number of urea groups is 1. The molecule has 0 aliphatic carbocycles. The minimum absolute atomic E-state index is 0.296. The van der Waals surface area contributed by atoms with Crippen molar-refractivity contribution in [2.75, 3.05) is 26.2 Å². The molecule has 2 saturated heterocycles. The van der Waals surface area contributed by atoms with Crippen LogP contribution in [0.3, 0.4) is 0 Å². The fourth-order valence-electron chi connectivity index (χ4n) is 2.37. The van der Waals surface area contributed by atoms with Crippen LogP contribution in [0.25, 0.3) is 0 Å². The van der Waals surface area contributed by atoms with Crippen LogP contribution in [0.4, 0.5) is 4.79 Å². The molecule has 0 aromatic heterocycles. The molecule has 2 heterocycles. The molecule has 80 valence electrons. The molecule has 2 rings (SSSR count). The van der Waals surface area contributed by atoms with Crippen LogP contribution in [0, 0.1) is 0 Å². The van der Waals surface area contributed by atoms with Gasteiger partial charge in [0.1, 0.15) is 0 Å². The molecule has 0 aromatic carbocycles. The van der Waals surface area contributed by atoms with Crippen LogP contribution in [-0.4, -0.2) is 42.0 Å². The van der Waals surface area contributed by atoms with Gasteiger partial charge in [-0.3, -0.25) is 0 Å². The zero-order valence-corrected chi connectivity index (χ0v) is 8.87. The lowest BCUT2D eigenvalue weighted by Crippen LogP contribution is -2.42. The Labute approximate surface area is 86.1 Å². The molecule has 2 fully saturated rings. The number of amides is 2. The summed E-state index contributed by atoms with van der Waals surface area (Å²) in [6.07, 6.45) is 7.37. The minimum atomic E-state index is 0.296. The van der Waals surface area contributed by atoms with Crippen LogP contribution in [0.5, 0.6) is 0 Å². The van der Waals surface area contributed by atoms with E-state index in [-0.39, 0.29) is 0 Å². The number of nitrogens with zero attached hydrogens (tertiary/aromatic N) is 2. The Morgan fingerprint density at radius 2 is 1.00 bits per heavy atom. The first-order valence-electron chi connectivity index (χ1n) is 5.92. The van der Waals surface area contributed by atoms with Gasteiger partial charge in [-0.15, -0.1) is 0 Å². The monoisotopic (exact) mass is 196 g/mol. The van der Waals surface area contributed by atoms with Gasteiger partial charge in [0, 0.05) is 26.2 Å². The van der Waals surface area contributed by atoms with Gasteiger partial charge in [0.25, 0.3) is 0 Å². The molecule has 0 unspecified atom stereocenters. The van der Waals surface area contributed by atoms with E-state index in [4.69, 9.17) is 0 Å². The highest BCUT2D eigenvalue weighted by molar-refractivity contribution is 5.74. The van der Waals surface area contributed by atoms with Crippen molar-refractivity contribution in [1.29, 1.82) is 0 Å². The lowest BCUT2D eigenvalue weighted by Gasteiger charge is -2.26. The first-order valence-corrected chi connectivity index (χ1v) is 5.92.